The van der Waals surface area contributed by atoms with E-state index in [0.29, 0.717) is 5.56 Å². The minimum atomic E-state index is -4.46. The van der Waals surface area contributed by atoms with Crippen molar-refractivity contribution in [2.45, 2.75) is 23.9 Å². The summed E-state index contributed by atoms with van der Waals surface area (Å²) in [7, 11) is -4.46. The highest BCUT2D eigenvalue weighted by molar-refractivity contribution is 8.00. The molecule has 9 N–H and O–H groups in total. The first kappa shape index (κ1) is 31.8. The maximum atomic E-state index is 12.7. The number of benzene rings is 1. The molecule has 1 fully saturated rings. The van der Waals surface area contributed by atoms with E-state index in [4.69, 9.17) is 26.4 Å². The number of amides is 4. The van der Waals surface area contributed by atoms with Crippen LogP contribution in [0.4, 0.5) is 20.1 Å². The number of fused-ring (bicyclic) bond motifs is 1. The SMILES string of the molecule is NC(=O)OCC1=C(OC(=O)O)N2C(=O)[C@@H](NC(=O)Cc3ccc(NS(=O)(=O)NC(=O)OC[C@@H](N)C(=O)O)cc3)[C@@H]2SC1. The number of thioether (sulfide) groups is 1. The van der Waals surface area contributed by atoms with Crippen LogP contribution in [-0.2, 0) is 45.2 Å². The summed E-state index contributed by atoms with van der Waals surface area (Å²) in [6.45, 7) is -1.16. The number of β-lactam (4-membered cyclic amide) rings is 1. The van der Waals surface area contributed by atoms with Crippen molar-refractivity contribution in [1.82, 2.24) is 14.9 Å². The summed E-state index contributed by atoms with van der Waals surface area (Å²) < 4.78 is 41.5. The van der Waals surface area contributed by atoms with Crippen LogP contribution in [0.5, 0.6) is 0 Å². The second kappa shape index (κ2) is 13.3. The van der Waals surface area contributed by atoms with E-state index in [1.807, 2.05) is 4.72 Å². The van der Waals surface area contributed by atoms with E-state index in [1.165, 1.54) is 40.7 Å². The lowest BCUT2D eigenvalue weighted by molar-refractivity contribution is -0.149. The number of carbonyl (C=O) groups excluding carboxylic acids is 4. The highest BCUT2D eigenvalue weighted by Gasteiger charge is 2.54. The highest BCUT2D eigenvalue weighted by Crippen LogP contribution is 2.40. The first-order valence-corrected chi connectivity index (χ1v) is 14.0. The van der Waals surface area contributed by atoms with Crippen LogP contribution in [0.3, 0.4) is 0 Å². The number of ether oxygens (including phenoxy) is 3. The number of rotatable bonds is 12. The highest BCUT2D eigenvalue weighted by atomic mass is 32.2. The van der Waals surface area contributed by atoms with Crippen molar-refractivity contribution in [2.75, 3.05) is 23.7 Å². The third-order valence-corrected chi connectivity index (χ3v) is 7.66. The van der Waals surface area contributed by atoms with Gasteiger partial charge in [0.05, 0.1) is 12.1 Å². The summed E-state index contributed by atoms with van der Waals surface area (Å²) in [5, 5.41) is 19.5. The molecule has 0 radical (unpaired) electrons. The Bertz CT molecular complexity index is 1420. The van der Waals surface area contributed by atoms with E-state index in [2.05, 4.69) is 14.8 Å². The topological polar surface area (TPSA) is 296 Å². The fraction of sp³-hybridized carbons (Fsp3) is 0.333. The Morgan fingerprint density at radius 1 is 1.12 bits per heavy atom. The number of carboxylic acids is 1. The van der Waals surface area contributed by atoms with Crippen molar-refractivity contribution in [3.8, 4) is 0 Å². The third kappa shape index (κ3) is 8.37. The number of carboxylic acid groups (broad SMARTS) is 2. The first-order valence-electron chi connectivity index (χ1n) is 11.5. The van der Waals surface area contributed by atoms with E-state index in [0.717, 1.165) is 4.90 Å². The zero-order chi connectivity index (χ0) is 31.2. The van der Waals surface area contributed by atoms with Crippen LogP contribution in [0.2, 0.25) is 0 Å². The minimum absolute atomic E-state index is 0.000944. The van der Waals surface area contributed by atoms with E-state index in [-0.39, 0.29) is 29.3 Å². The molecule has 3 rings (SSSR count). The molecule has 21 heteroatoms. The molecule has 0 aliphatic carbocycles. The molecule has 2 aliphatic rings. The number of primary amides is 1. The first-order chi connectivity index (χ1) is 19.7. The van der Waals surface area contributed by atoms with Crippen LogP contribution in [-0.4, -0.2) is 96.1 Å². The summed E-state index contributed by atoms with van der Waals surface area (Å²) in [6.07, 6.45) is -4.48. The van der Waals surface area contributed by atoms with Gasteiger partial charge in [-0.1, -0.05) is 12.1 Å². The van der Waals surface area contributed by atoms with Crippen LogP contribution in [0.25, 0.3) is 0 Å². The van der Waals surface area contributed by atoms with Gasteiger partial charge < -0.3 is 41.2 Å². The van der Waals surface area contributed by atoms with Gasteiger partial charge in [0.25, 0.3) is 5.91 Å². The summed E-state index contributed by atoms with van der Waals surface area (Å²) in [6, 6.07) is 2.84. The fourth-order valence-corrected chi connectivity index (χ4v) is 5.60. The lowest BCUT2D eigenvalue weighted by Crippen LogP contribution is -2.70. The van der Waals surface area contributed by atoms with Crippen molar-refractivity contribution in [1.29, 1.82) is 0 Å². The molecule has 1 aromatic carbocycles. The number of nitrogens with two attached hydrogens (primary N) is 2. The van der Waals surface area contributed by atoms with Crippen molar-refractivity contribution < 1.29 is 61.6 Å². The van der Waals surface area contributed by atoms with E-state index in [1.54, 1.807) is 0 Å². The van der Waals surface area contributed by atoms with Gasteiger partial charge in [-0.15, -0.1) is 11.8 Å². The smallest absolute Gasteiger partial charge is 0.480 e. The van der Waals surface area contributed by atoms with Crippen LogP contribution in [0.1, 0.15) is 5.56 Å². The van der Waals surface area contributed by atoms with Crippen molar-refractivity contribution >= 4 is 63.8 Å². The average molecular weight is 633 g/mol. The molecule has 2 aliphatic heterocycles. The molecule has 0 bridgehead atoms. The zero-order valence-electron chi connectivity index (χ0n) is 21.2. The number of carbonyl (C=O) groups is 6. The molecule has 3 atom stereocenters. The Labute approximate surface area is 240 Å². The molecule has 0 aromatic heterocycles. The van der Waals surface area contributed by atoms with Gasteiger partial charge in [0, 0.05) is 11.3 Å². The van der Waals surface area contributed by atoms with Gasteiger partial charge in [-0.05, 0) is 17.7 Å². The number of nitrogens with zero attached hydrogens (tertiary/aromatic N) is 1. The molecule has 0 unspecified atom stereocenters. The summed E-state index contributed by atoms with van der Waals surface area (Å²) in [5.74, 6) is -2.89. The molecular formula is C21H24N6O13S2. The lowest BCUT2D eigenvalue weighted by atomic mass is 10.0. The van der Waals surface area contributed by atoms with E-state index >= 15 is 0 Å². The van der Waals surface area contributed by atoms with Gasteiger partial charge in [-0.2, -0.15) is 8.42 Å². The van der Waals surface area contributed by atoms with Crippen LogP contribution in [0, 0.1) is 0 Å². The van der Waals surface area contributed by atoms with Gasteiger partial charge in [-0.3, -0.25) is 24.0 Å². The Morgan fingerprint density at radius 2 is 1.79 bits per heavy atom. The normalized spacial score (nSPS) is 18.5. The van der Waals surface area contributed by atoms with E-state index in [9.17, 15) is 37.2 Å². The number of anilines is 1. The number of hydrogen-bond donors (Lipinski definition) is 7. The molecule has 0 spiro atoms. The van der Waals surface area contributed by atoms with Crippen LogP contribution in [0.15, 0.2) is 35.7 Å². The van der Waals surface area contributed by atoms with Crippen LogP contribution >= 0.6 is 11.8 Å². The predicted octanol–water partition coefficient (Wildman–Crippen LogP) is -1.57. The fourth-order valence-electron chi connectivity index (χ4n) is 3.52. The zero-order valence-corrected chi connectivity index (χ0v) is 22.8. The Morgan fingerprint density at radius 3 is 2.38 bits per heavy atom. The Hall–Kier alpha value is -4.76. The van der Waals surface area contributed by atoms with Gasteiger partial charge in [0.2, 0.25) is 11.8 Å². The standard InChI is InChI=1S/C21H24N6O13S2/c22-12(18(30)31)7-39-20(33)26-42(36,37)25-11-3-1-9(2-4-11)5-13(28)24-14-15(29)27-16(40-21(34)35)10(6-38-19(23)32)8-41-17(14)27/h1-4,12,14,17,25H,5-8,22H2,(H2,23,32)(H,24,28)(H,26,33)(H,30,31)(H,34,35)/t12-,14-,17+/m1/s1. The maximum absolute atomic E-state index is 12.7. The molecule has 19 nitrogen and oxygen atoms in total. The minimum Gasteiger partial charge on any atom is -0.480 e. The number of hydrogen-bond acceptors (Lipinski definition) is 13. The van der Waals surface area contributed by atoms with Crippen molar-refractivity contribution in [3.63, 3.8) is 0 Å². The molecule has 1 saturated heterocycles. The Kier molecular flexibility index (Phi) is 10.0. The summed E-state index contributed by atoms with van der Waals surface area (Å²) >= 11 is 1.17. The number of nitrogens with one attached hydrogen (secondary N) is 3. The van der Waals surface area contributed by atoms with Crippen molar-refractivity contribution in [3.05, 3.63) is 41.3 Å². The van der Waals surface area contributed by atoms with Crippen molar-refractivity contribution in [2.24, 2.45) is 11.5 Å². The summed E-state index contributed by atoms with van der Waals surface area (Å²) in [4.78, 5) is 70.6. The van der Waals surface area contributed by atoms with Gasteiger partial charge >= 0.3 is 34.5 Å². The molecule has 228 valence electrons. The lowest BCUT2D eigenvalue weighted by Gasteiger charge is -2.49. The average Bonchev–Trinajstić information content (AvgIpc) is 2.89. The molecule has 0 saturated carbocycles. The molecule has 42 heavy (non-hydrogen) atoms. The summed E-state index contributed by atoms with van der Waals surface area (Å²) in [5.41, 5.74) is 10.7. The van der Waals surface area contributed by atoms with Crippen LogP contribution < -0.4 is 26.2 Å². The van der Waals surface area contributed by atoms with E-state index < -0.39 is 77.0 Å². The molecule has 2 heterocycles. The largest absolute Gasteiger partial charge is 0.512 e. The second-order valence-electron chi connectivity index (χ2n) is 8.46. The molecule has 4 amide bonds. The Balaban J connectivity index is 1.54. The maximum Gasteiger partial charge on any atom is 0.512 e. The van der Waals surface area contributed by atoms with Gasteiger partial charge in [0.1, 0.15) is 30.7 Å². The quantitative estimate of drug-likeness (QED) is 0.0777. The third-order valence-electron chi connectivity index (χ3n) is 5.38. The van der Waals surface area contributed by atoms with Gasteiger partial charge in [0.15, 0.2) is 0 Å². The molecule has 1 aromatic rings. The number of aliphatic carboxylic acids is 1. The monoisotopic (exact) mass is 632 g/mol. The van der Waals surface area contributed by atoms with Gasteiger partial charge in [-0.25, -0.2) is 19.1 Å². The second-order valence-corrected chi connectivity index (χ2v) is 11.0. The molecular weight excluding hydrogens is 608 g/mol. The predicted molar refractivity (Wildman–Crippen MR) is 139 cm³/mol.